The number of esters is 1. The van der Waals surface area contributed by atoms with Gasteiger partial charge in [-0.1, -0.05) is 60.7 Å². The third-order valence-corrected chi connectivity index (χ3v) is 5.08. The van der Waals surface area contributed by atoms with Gasteiger partial charge < -0.3 is 14.8 Å². The topological polar surface area (TPSA) is 96.5 Å². The van der Waals surface area contributed by atoms with E-state index in [9.17, 15) is 19.5 Å². The second-order valence-corrected chi connectivity index (χ2v) is 7.12. The molecule has 2 aromatic carbocycles. The zero-order valence-corrected chi connectivity index (χ0v) is 17.1. The van der Waals surface area contributed by atoms with Crippen LogP contribution in [0.15, 0.2) is 60.7 Å². The van der Waals surface area contributed by atoms with E-state index in [4.69, 9.17) is 4.74 Å². The van der Waals surface area contributed by atoms with Gasteiger partial charge >= 0.3 is 5.97 Å². The number of aliphatic hydroxyl groups is 1. The molecule has 0 unspecified atom stereocenters. The molecule has 0 radical (unpaired) electrons. The first-order valence-electron chi connectivity index (χ1n) is 9.50. The Morgan fingerprint density at radius 1 is 0.933 bits per heavy atom. The van der Waals surface area contributed by atoms with Crippen LogP contribution < -0.4 is 0 Å². The number of carbonyl (C=O) groups is 3. The van der Waals surface area contributed by atoms with Crippen LogP contribution in [0.2, 0.25) is 0 Å². The number of carbonyl (C=O) groups excluding carboxylic acids is 3. The minimum Gasteiger partial charge on any atom is -0.455 e. The molecule has 0 bridgehead atoms. The number of hydrogen-bond donors (Lipinski definition) is 2. The van der Waals surface area contributed by atoms with Crippen LogP contribution in [-0.4, -0.2) is 34.2 Å². The van der Waals surface area contributed by atoms with Crippen LogP contribution in [0.5, 0.6) is 0 Å². The van der Waals surface area contributed by atoms with Gasteiger partial charge in [0.05, 0.1) is 5.69 Å². The lowest BCUT2D eigenvalue weighted by molar-refractivity contribution is -0.160. The van der Waals surface area contributed by atoms with Crippen molar-refractivity contribution in [3.05, 3.63) is 94.3 Å². The summed E-state index contributed by atoms with van der Waals surface area (Å²) >= 11 is 0. The number of Topliss-reactive ketones (excluding diaryl/α,β-unsaturated/α-hetero) is 2. The summed E-state index contributed by atoms with van der Waals surface area (Å²) in [5, 5.41) is 11.3. The number of ether oxygens (including phenoxy) is 1. The zero-order valence-electron chi connectivity index (χ0n) is 17.1. The molecule has 0 saturated heterocycles. The van der Waals surface area contributed by atoms with Gasteiger partial charge in [0, 0.05) is 11.3 Å². The summed E-state index contributed by atoms with van der Waals surface area (Å²) in [7, 11) is 0. The molecule has 0 amide bonds. The Hall–Kier alpha value is -3.51. The van der Waals surface area contributed by atoms with Gasteiger partial charge in [-0.2, -0.15) is 0 Å². The Morgan fingerprint density at radius 3 is 1.87 bits per heavy atom. The maximum absolute atomic E-state index is 13.0. The van der Waals surface area contributed by atoms with Crippen molar-refractivity contribution in [3.63, 3.8) is 0 Å². The van der Waals surface area contributed by atoms with E-state index in [1.54, 1.807) is 74.5 Å². The molecule has 0 saturated carbocycles. The van der Waals surface area contributed by atoms with Crippen LogP contribution in [0, 0.1) is 13.8 Å². The van der Waals surface area contributed by atoms with Gasteiger partial charge in [0.1, 0.15) is 0 Å². The van der Waals surface area contributed by atoms with Gasteiger partial charge in [-0.05, 0) is 37.5 Å². The number of aryl methyl sites for hydroxylation is 1. The summed E-state index contributed by atoms with van der Waals surface area (Å²) in [4.78, 5) is 40.3. The van der Waals surface area contributed by atoms with Crippen molar-refractivity contribution in [2.45, 2.75) is 26.4 Å². The van der Waals surface area contributed by atoms with Gasteiger partial charge in [-0.3, -0.25) is 9.59 Å². The lowest BCUT2D eigenvalue weighted by Crippen LogP contribution is -2.39. The molecule has 0 aliphatic carbocycles. The quantitative estimate of drug-likeness (QED) is 0.463. The highest BCUT2D eigenvalue weighted by Gasteiger charge is 2.42. The normalized spacial score (nSPS) is 11.2. The minimum absolute atomic E-state index is 0.153. The molecule has 6 nitrogen and oxygen atoms in total. The first-order valence-corrected chi connectivity index (χ1v) is 9.50. The average Bonchev–Trinajstić information content (AvgIpc) is 3.06. The van der Waals surface area contributed by atoms with Gasteiger partial charge in [0.25, 0.3) is 0 Å². The fraction of sp³-hybridized carbons (Fsp3) is 0.208. The number of aromatic nitrogens is 1. The standard InChI is InChI=1S/C24H23NO5/c1-15-21(17(3)26)16(2)25-22(15)20(27)14-30-23(28)24(29,18-10-6-4-7-11-18)19-12-8-5-9-13-19/h4-13,25,29H,14H2,1-3H3. The first-order chi connectivity index (χ1) is 14.3. The van der Waals surface area contributed by atoms with Crippen LogP contribution >= 0.6 is 0 Å². The number of rotatable bonds is 7. The highest BCUT2D eigenvalue weighted by Crippen LogP contribution is 2.31. The Balaban J connectivity index is 1.87. The predicted molar refractivity (Wildman–Crippen MR) is 111 cm³/mol. The van der Waals surface area contributed by atoms with Crippen LogP contribution in [-0.2, 0) is 15.1 Å². The number of H-pyrrole nitrogens is 1. The van der Waals surface area contributed by atoms with Crippen molar-refractivity contribution >= 4 is 17.5 Å². The van der Waals surface area contributed by atoms with E-state index in [1.807, 2.05) is 0 Å². The molecule has 3 rings (SSSR count). The molecule has 0 aliphatic rings. The largest absolute Gasteiger partial charge is 0.455 e. The van der Waals surface area contributed by atoms with E-state index in [0.29, 0.717) is 27.9 Å². The predicted octanol–water partition coefficient (Wildman–Crippen LogP) is 3.50. The summed E-state index contributed by atoms with van der Waals surface area (Å²) in [5.74, 6) is -1.60. The fourth-order valence-electron chi connectivity index (χ4n) is 3.63. The van der Waals surface area contributed by atoms with Crippen LogP contribution in [0.4, 0.5) is 0 Å². The first kappa shape index (κ1) is 21.2. The van der Waals surface area contributed by atoms with E-state index in [1.165, 1.54) is 6.92 Å². The fourth-order valence-corrected chi connectivity index (χ4v) is 3.63. The molecule has 30 heavy (non-hydrogen) atoms. The molecule has 1 aromatic heterocycles. The van der Waals surface area contributed by atoms with Gasteiger partial charge in [-0.25, -0.2) is 4.79 Å². The number of ketones is 2. The summed E-state index contributed by atoms with van der Waals surface area (Å²) in [5.41, 5.74) is 0.373. The number of hydrogen-bond acceptors (Lipinski definition) is 5. The van der Waals surface area contributed by atoms with E-state index in [0.717, 1.165) is 0 Å². The van der Waals surface area contributed by atoms with E-state index in [-0.39, 0.29) is 11.5 Å². The lowest BCUT2D eigenvalue weighted by atomic mass is 9.86. The van der Waals surface area contributed by atoms with Gasteiger partial charge in [-0.15, -0.1) is 0 Å². The summed E-state index contributed by atoms with van der Waals surface area (Å²) in [6.07, 6.45) is 0. The van der Waals surface area contributed by atoms with Gasteiger partial charge in [0.2, 0.25) is 11.4 Å². The lowest BCUT2D eigenvalue weighted by Gasteiger charge is -2.26. The Bertz CT molecular complexity index is 1040. The minimum atomic E-state index is -2.06. The van der Waals surface area contributed by atoms with Crippen LogP contribution in [0.1, 0.15) is 50.2 Å². The van der Waals surface area contributed by atoms with Crippen molar-refractivity contribution in [1.29, 1.82) is 0 Å². The van der Waals surface area contributed by atoms with Crippen molar-refractivity contribution in [2.75, 3.05) is 6.61 Å². The molecule has 154 valence electrons. The molecule has 0 spiro atoms. The van der Waals surface area contributed by atoms with E-state index < -0.39 is 24.0 Å². The number of nitrogens with one attached hydrogen (secondary N) is 1. The Labute approximate surface area is 174 Å². The molecule has 1 heterocycles. The summed E-state index contributed by atoms with van der Waals surface area (Å²) in [6.45, 7) is 4.23. The SMILES string of the molecule is CC(=O)c1c(C)[nH]c(C(=O)COC(=O)C(O)(c2ccccc2)c2ccccc2)c1C. The average molecular weight is 405 g/mol. The number of aromatic amines is 1. The number of benzene rings is 2. The maximum Gasteiger partial charge on any atom is 0.348 e. The van der Waals surface area contributed by atoms with E-state index in [2.05, 4.69) is 4.98 Å². The monoisotopic (exact) mass is 405 g/mol. The van der Waals surface area contributed by atoms with Crippen LogP contribution in [0.3, 0.4) is 0 Å². The highest BCUT2D eigenvalue weighted by molar-refractivity contribution is 6.04. The molecule has 0 fully saturated rings. The van der Waals surface area contributed by atoms with E-state index >= 15 is 0 Å². The van der Waals surface area contributed by atoms with Crippen molar-refractivity contribution in [1.82, 2.24) is 4.98 Å². The molecule has 2 N–H and O–H groups in total. The summed E-state index contributed by atoms with van der Waals surface area (Å²) < 4.78 is 5.25. The van der Waals surface area contributed by atoms with Crippen molar-refractivity contribution in [3.8, 4) is 0 Å². The Kier molecular flexibility index (Phi) is 5.99. The smallest absolute Gasteiger partial charge is 0.348 e. The Morgan fingerprint density at radius 2 is 1.43 bits per heavy atom. The third-order valence-electron chi connectivity index (χ3n) is 5.08. The highest BCUT2D eigenvalue weighted by atomic mass is 16.6. The molecular weight excluding hydrogens is 382 g/mol. The van der Waals surface area contributed by atoms with Gasteiger partial charge in [0.15, 0.2) is 12.4 Å². The molecule has 0 atom stereocenters. The zero-order chi connectivity index (χ0) is 21.9. The maximum atomic E-state index is 13.0. The van der Waals surface area contributed by atoms with Crippen molar-refractivity contribution in [2.24, 2.45) is 0 Å². The second kappa shape index (κ2) is 8.47. The van der Waals surface area contributed by atoms with Crippen molar-refractivity contribution < 1.29 is 24.2 Å². The third kappa shape index (κ3) is 3.82. The molecule has 3 aromatic rings. The second-order valence-electron chi connectivity index (χ2n) is 7.12. The summed E-state index contributed by atoms with van der Waals surface area (Å²) in [6, 6.07) is 16.8. The van der Waals surface area contributed by atoms with Crippen LogP contribution in [0.25, 0.3) is 0 Å². The molecule has 0 aliphatic heterocycles. The molecule has 6 heteroatoms. The molecular formula is C24H23NO5.